The summed E-state index contributed by atoms with van der Waals surface area (Å²) >= 11 is 0. The van der Waals surface area contributed by atoms with Crippen LogP contribution in [0.25, 0.3) is 106 Å². The van der Waals surface area contributed by atoms with Gasteiger partial charge in [0.15, 0.2) is 17.5 Å². The number of benzene rings is 8. The van der Waals surface area contributed by atoms with Crippen LogP contribution in [0.1, 0.15) is 0 Å². The lowest BCUT2D eigenvalue weighted by Gasteiger charge is -2.16. The second-order valence-electron chi connectivity index (χ2n) is 14.2. The zero-order chi connectivity index (χ0) is 37.7. The smallest absolute Gasteiger partial charge is 0.166 e. The van der Waals surface area contributed by atoms with Gasteiger partial charge in [-0.05, 0) is 41.5 Å². The average molecular weight is 728 g/mol. The summed E-state index contributed by atoms with van der Waals surface area (Å²) in [5.74, 6) is 1.76. The molecule has 0 saturated heterocycles. The molecule has 8 aromatic carbocycles. The van der Waals surface area contributed by atoms with Gasteiger partial charge in [0.25, 0.3) is 0 Å². The van der Waals surface area contributed by atoms with E-state index in [1.54, 1.807) is 0 Å². The highest BCUT2D eigenvalue weighted by Gasteiger charge is 2.20. The number of hydrogen-bond donors (Lipinski definition) is 0. The topological polar surface area (TPSA) is 56.5 Å². The average Bonchev–Trinajstić information content (AvgIpc) is 3.63. The van der Waals surface area contributed by atoms with Crippen molar-refractivity contribution >= 4 is 43.5 Å². The fourth-order valence-electron chi connectivity index (χ4n) is 8.26. The fraction of sp³-hybridized carbons (Fsp3) is 0. The molecule has 0 radical (unpaired) electrons. The molecule has 0 aliphatic rings. The van der Waals surface area contributed by atoms with E-state index >= 15 is 0 Å². The summed E-state index contributed by atoms with van der Waals surface area (Å²) in [6.07, 6.45) is 0. The summed E-state index contributed by atoms with van der Waals surface area (Å²) in [5.41, 5.74) is 11.1. The molecule has 0 aliphatic carbocycles. The molecular formula is C52H33N5. The number of aromatic nitrogens is 5. The minimum Gasteiger partial charge on any atom is -0.309 e. The zero-order valence-corrected chi connectivity index (χ0v) is 30.8. The predicted octanol–water partition coefficient (Wildman–Crippen LogP) is 13.0. The first-order valence-corrected chi connectivity index (χ1v) is 19.2. The Bertz CT molecular complexity index is 3230. The second-order valence-corrected chi connectivity index (χ2v) is 14.2. The van der Waals surface area contributed by atoms with Crippen molar-refractivity contribution < 1.29 is 0 Å². The van der Waals surface area contributed by atoms with Crippen molar-refractivity contribution in [1.29, 1.82) is 0 Å². The molecule has 11 rings (SSSR count). The van der Waals surface area contributed by atoms with Crippen LogP contribution in [0, 0.1) is 0 Å². The molecule has 0 spiro atoms. The Kier molecular flexibility index (Phi) is 7.74. The minimum absolute atomic E-state index is 0.565. The van der Waals surface area contributed by atoms with Gasteiger partial charge >= 0.3 is 0 Å². The Morgan fingerprint density at radius 2 is 0.807 bits per heavy atom. The number of fused-ring (bicyclic) bond motifs is 6. The Hall–Kier alpha value is -7.76. The quantitative estimate of drug-likeness (QED) is 0.160. The maximum Gasteiger partial charge on any atom is 0.166 e. The maximum atomic E-state index is 5.49. The van der Waals surface area contributed by atoms with E-state index in [2.05, 4.69) is 168 Å². The molecule has 0 amide bonds. The third-order valence-corrected chi connectivity index (χ3v) is 10.8. The van der Waals surface area contributed by atoms with E-state index in [-0.39, 0.29) is 0 Å². The lowest BCUT2D eigenvalue weighted by atomic mass is 9.92. The van der Waals surface area contributed by atoms with Crippen molar-refractivity contribution in [3.8, 4) is 62.2 Å². The van der Waals surface area contributed by atoms with Gasteiger partial charge in [-0.3, -0.25) is 0 Å². The van der Waals surface area contributed by atoms with Crippen LogP contribution < -0.4 is 0 Å². The summed E-state index contributed by atoms with van der Waals surface area (Å²) in [6.45, 7) is 0. The summed E-state index contributed by atoms with van der Waals surface area (Å²) in [5, 5.41) is 5.71. The van der Waals surface area contributed by atoms with Crippen molar-refractivity contribution in [2.45, 2.75) is 0 Å². The van der Waals surface area contributed by atoms with E-state index in [4.69, 9.17) is 19.9 Å². The molecule has 0 fully saturated rings. The molecule has 5 nitrogen and oxygen atoms in total. The molecule has 0 bridgehead atoms. The van der Waals surface area contributed by atoms with E-state index in [0.29, 0.717) is 17.5 Å². The standard InChI is InChI=1S/C52H33N5/c1-4-17-34(18-5-1)39-27-15-28-42-47(39)43-29-16-30-44(49(43)53-48(42)35-19-6-2-7-20-35)52-55-50(36-21-8-3-9-22-36)54-51(56-52)37-23-14-24-38(33-37)57-45-31-12-10-25-40(45)41-26-11-13-32-46(41)57/h1-33H. The number of hydrogen-bond acceptors (Lipinski definition) is 4. The zero-order valence-electron chi connectivity index (χ0n) is 30.8. The highest BCUT2D eigenvalue weighted by molar-refractivity contribution is 6.19. The largest absolute Gasteiger partial charge is 0.309 e. The van der Waals surface area contributed by atoms with Crippen LogP contribution in [-0.4, -0.2) is 24.5 Å². The molecule has 11 aromatic rings. The third kappa shape index (κ3) is 5.56. The van der Waals surface area contributed by atoms with Crippen LogP contribution in [0.5, 0.6) is 0 Å². The molecule has 5 heteroatoms. The van der Waals surface area contributed by atoms with Gasteiger partial charge in [-0.1, -0.05) is 170 Å². The Morgan fingerprint density at radius 1 is 0.316 bits per heavy atom. The molecule has 0 unspecified atom stereocenters. The second kappa shape index (κ2) is 13.5. The first kappa shape index (κ1) is 32.7. The molecule has 3 aromatic heterocycles. The molecule has 0 aliphatic heterocycles. The molecule has 0 N–H and O–H groups in total. The number of nitrogens with zero attached hydrogens (tertiary/aromatic N) is 5. The fourth-order valence-corrected chi connectivity index (χ4v) is 8.26. The number of pyridine rings is 1. The van der Waals surface area contributed by atoms with Crippen LogP contribution in [0.15, 0.2) is 200 Å². The van der Waals surface area contributed by atoms with Crippen molar-refractivity contribution in [1.82, 2.24) is 24.5 Å². The number of para-hydroxylation sites is 3. The highest BCUT2D eigenvalue weighted by atomic mass is 15.0. The lowest BCUT2D eigenvalue weighted by molar-refractivity contribution is 1.07. The van der Waals surface area contributed by atoms with Crippen LogP contribution >= 0.6 is 0 Å². The summed E-state index contributed by atoms with van der Waals surface area (Å²) in [4.78, 5) is 21.1. The van der Waals surface area contributed by atoms with Gasteiger partial charge < -0.3 is 4.57 Å². The monoisotopic (exact) mass is 727 g/mol. The molecule has 3 heterocycles. The van der Waals surface area contributed by atoms with E-state index < -0.39 is 0 Å². The summed E-state index contributed by atoms with van der Waals surface area (Å²) < 4.78 is 2.32. The Labute approximate surface area is 329 Å². The normalized spacial score (nSPS) is 11.5. The SMILES string of the molecule is c1ccc(-c2nc(-c3cccc(-n4c5ccccc5c5ccccc54)c3)nc(-c3cccc4c3nc(-c3ccccc3)c3cccc(-c5ccccc5)c34)n2)cc1. The third-order valence-electron chi connectivity index (χ3n) is 10.8. The van der Waals surface area contributed by atoms with Crippen molar-refractivity contribution in [2.24, 2.45) is 0 Å². The van der Waals surface area contributed by atoms with Gasteiger partial charge in [0, 0.05) is 54.9 Å². The van der Waals surface area contributed by atoms with E-state index in [1.807, 2.05) is 36.4 Å². The Balaban J connectivity index is 1.17. The minimum atomic E-state index is 0.565. The van der Waals surface area contributed by atoms with E-state index in [9.17, 15) is 0 Å². The Morgan fingerprint density at radius 3 is 1.49 bits per heavy atom. The molecule has 0 atom stereocenters. The number of rotatable bonds is 6. The van der Waals surface area contributed by atoms with Gasteiger partial charge in [0.2, 0.25) is 0 Å². The van der Waals surface area contributed by atoms with Crippen molar-refractivity contribution in [3.63, 3.8) is 0 Å². The van der Waals surface area contributed by atoms with Crippen LogP contribution in [-0.2, 0) is 0 Å². The van der Waals surface area contributed by atoms with Crippen molar-refractivity contribution in [3.05, 3.63) is 200 Å². The molecular weight excluding hydrogens is 695 g/mol. The van der Waals surface area contributed by atoms with Gasteiger partial charge in [0.1, 0.15) is 0 Å². The lowest BCUT2D eigenvalue weighted by Crippen LogP contribution is -2.02. The van der Waals surface area contributed by atoms with Crippen LogP contribution in [0.3, 0.4) is 0 Å². The van der Waals surface area contributed by atoms with Gasteiger partial charge in [0.05, 0.1) is 22.2 Å². The van der Waals surface area contributed by atoms with E-state index in [1.165, 1.54) is 10.8 Å². The van der Waals surface area contributed by atoms with Crippen molar-refractivity contribution in [2.75, 3.05) is 0 Å². The van der Waals surface area contributed by atoms with Crippen LogP contribution in [0.4, 0.5) is 0 Å². The highest BCUT2D eigenvalue weighted by Crippen LogP contribution is 2.41. The van der Waals surface area contributed by atoms with Gasteiger partial charge in [-0.2, -0.15) is 0 Å². The summed E-state index contributed by atoms with van der Waals surface area (Å²) in [6, 6.07) is 69.7. The van der Waals surface area contributed by atoms with Gasteiger partial charge in [-0.25, -0.2) is 19.9 Å². The van der Waals surface area contributed by atoms with E-state index in [0.717, 1.165) is 77.5 Å². The first-order valence-electron chi connectivity index (χ1n) is 19.2. The first-order chi connectivity index (χ1) is 28.3. The van der Waals surface area contributed by atoms with Crippen LogP contribution in [0.2, 0.25) is 0 Å². The maximum absolute atomic E-state index is 5.49. The van der Waals surface area contributed by atoms with Gasteiger partial charge in [-0.15, -0.1) is 0 Å². The summed E-state index contributed by atoms with van der Waals surface area (Å²) in [7, 11) is 0. The molecule has 0 saturated carbocycles. The molecule has 266 valence electrons. The molecule has 57 heavy (non-hydrogen) atoms. The predicted molar refractivity (Wildman–Crippen MR) is 234 cm³/mol.